The molecule has 0 bridgehead atoms. The Hall–Kier alpha value is -2.59. The number of halogens is 1. The molecule has 2 aromatic rings. The van der Waals surface area contributed by atoms with E-state index in [1.165, 1.54) is 5.01 Å². The van der Waals surface area contributed by atoms with Crippen LogP contribution in [0.15, 0.2) is 59.2 Å². The van der Waals surface area contributed by atoms with Gasteiger partial charge in [-0.15, -0.1) is 0 Å². The Morgan fingerprint density at radius 1 is 1.12 bits per heavy atom. The van der Waals surface area contributed by atoms with Crippen molar-refractivity contribution in [1.82, 2.24) is 0 Å². The molecule has 5 heteroatoms. The molecule has 0 aliphatic carbocycles. The van der Waals surface area contributed by atoms with Crippen LogP contribution in [0.25, 0.3) is 6.08 Å². The Morgan fingerprint density at radius 3 is 2.46 bits per heavy atom. The predicted molar refractivity (Wildman–Crippen MR) is 101 cm³/mol. The maximum Gasteiger partial charge on any atom is 0.280 e. The molecule has 0 fully saturated rings. The van der Waals surface area contributed by atoms with Crippen LogP contribution in [0.5, 0.6) is 0 Å². The zero-order chi connectivity index (χ0) is 17.3. The summed E-state index contributed by atoms with van der Waals surface area (Å²) in [6.07, 6.45) is 1.87. The van der Waals surface area contributed by atoms with Crippen LogP contribution in [0.2, 0.25) is 5.02 Å². The third-order valence-electron chi connectivity index (χ3n) is 3.84. The van der Waals surface area contributed by atoms with Crippen molar-refractivity contribution in [3.05, 3.63) is 64.7 Å². The summed E-state index contributed by atoms with van der Waals surface area (Å²) in [7, 11) is 3.99. The van der Waals surface area contributed by atoms with E-state index in [1.807, 2.05) is 62.3 Å². The highest BCUT2D eigenvalue weighted by Gasteiger charge is 2.28. The van der Waals surface area contributed by atoms with E-state index in [0.29, 0.717) is 22.0 Å². The second kappa shape index (κ2) is 6.49. The summed E-state index contributed by atoms with van der Waals surface area (Å²) < 4.78 is 0. The number of carbonyl (C=O) groups excluding carboxylic acids is 1. The van der Waals surface area contributed by atoms with Gasteiger partial charge >= 0.3 is 0 Å². The van der Waals surface area contributed by atoms with E-state index in [-0.39, 0.29) is 5.91 Å². The SMILES string of the molecule is CC1=NN(c2cccc(Cl)c2)C(=O)C1=Cc1ccc(N(C)C)cc1. The van der Waals surface area contributed by atoms with Crippen molar-refractivity contribution in [2.45, 2.75) is 6.92 Å². The number of amides is 1. The average Bonchev–Trinajstić information content (AvgIpc) is 2.83. The molecular formula is C19H18ClN3O. The lowest BCUT2D eigenvalue weighted by molar-refractivity contribution is -0.114. The highest BCUT2D eigenvalue weighted by Crippen LogP contribution is 2.27. The highest BCUT2D eigenvalue weighted by molar-refractivity contribution is 6.33. The van der Waals surface area contributed by atoms with Gasteiger partial charge in [0.15, 0.2) is 0 Å². The third-order valence-corrected chi connectivity index (χ3v) is 4.07. The van der Waals surface area contributed by atoms with Gasteiger partial charge in [0, 0.05) is 24.8 Å². The molecular weight excluding hydrogens is 322 g/mol. The molecule has 4 nitrogen and oxygen atoms in total. The van der Waals surface area contributed by atoms with Crippen LogP contribution in [0.4, 0.5) is 11.4 Å². The fraction of sp³-hybridized carbons (Fsp3) is 0.158. The summed E-state index contributed by atoms with van der Waals surface area (Å²) in [5, 5.41) is 6.33. The van der Waals surface area contributed by atoms with Crippen molar-refractivity contribution in [2.24, 2.45) is 5.10 Å². The number of nitrogens with zero attached hydrogens (tertiary/aromatic N) is 3. The quantitative estimate of drug-likeness (QED) is 0.785. The second-order valence-corrected chi connectivity index (χ2v) is 6.26. The molecule has 3 rings (SSSR count). The fourth-order valence-corrected chi connectivity index (χ4v) is 2.69. The van der Waals surface area contributed by atoms with Crippen LogP contribution in [0.1, 0.15) is 12.5 Å². The van der Waals surface area contributed by atoms with Crippen molar-refractivity contribution in [2.75, 3.05) is 24.0 Å². The smallest absolute Gasteiger partial charge is 0.280 e. The minimum Gasteiger partial charge on any atom is -0.378 e. The van der Waals surface area contributed by atoms with Gasteiger partial charge in [0.2, 0.25) is 0 Å². The van der Waals surface area contributed by atoms with E-state index in [9.17, 15) is 4.79 Å². The Labute approximate surface area is 146 Å². The zero-order valence-corrected chi connectivity index (χ0v) is 14.6. The second-order valence-electron chi connectivity index (χ2n) is 5.83. The summed E-state index contributed by atoms with van der Waals surface area (Å²) >= 11 is 6.01. The molecule has 0 saturated heterocycles. The minimum atomic E-state index is -0.147. The molecule has 0 N–H and O–H groups in total. The molecule has 0 radical (unpaired) electrons. The van der Waals surface area contributed by atoms with Gasteiger partial charge in [-0.3, -0.25) is 4.79 Å². The van der Waals surface area contributed by atoms with E-state index in [0.717, 1.165) is 11.3 Å². The van der Waals surface area contributed by atoms with Crippen molar-refractivity contribution in [3.8, 4) is 0 Å². The maximum absolute atomic E-state index is 12.7. The molecule has 122 valence electrons. The Bertz CT molecular complexity index is 838. The standard InChI is InChI=1S/C19H18ClN3O/c1-13-18(11-14-7-9-16(10-8-14)22(2)3)19(24)23(21-13)17-6-4-5-15(20)12-17/h4-12H,1-3H3. The maximum atomic E-state index is 12.7. The summed E-state index contributed by atoms with van der Waals surface area (Å²) in [5.74, 6) is -0.147. The van der Waals surface area contributed by atoms with Crippen LogP contribution in [0, 0.1) is 0 Å². The lowest BCUT2D eigenvalue weighted by Gasteiger charge is -2.12. The molecule has 2 aromatic carbocycles. The molecule has 0 saturated carbocycles. The van der Waals surface area contributed by atoms with Gasteiger partial charge < -0.3 is 4.90 Å². The molecule has 0 aromatic heterocycles. The first kappa shape index (κ1) is 16.3. The molecule has 1 amide bonds. The van der Waals surface area contributed by atoms with E-state index in [4.69, 9.17) is 11.6 Å². The highest BCUT2D eigenvalue weighted by atomic mass is 35.5. The number of hydrazone groups is 1. The van der Waals surface area contributed by atoms with Gasteiger partial charge in [0.05, 0.1) is 17.0 Å². The number of hydrogen-bond donors (Lipinski definition) is 0. The van der Waals surface area contributed by atoms with Crippen LogP contribution in [0.3, 0.4) is 0 Å². The molecule has 0 atom stereocenters. The number of benzene rings is 2. The van der Waals surface area contributed by atoms with Gasteiger partial charge in [0.1, 0.15) is 0 Å². The zero-order valence-electron chi connectivity index (χ0n) is 13.8. The fourth-order valence-electron chi connectivity index (χ4n) is 2.50. The summed E-state index contributed by atoms with van der Waals surface area (Å²) in [4.78, 5) is 14.7. The first-order chi connectivity index (χ1) is 11.5. The van der Waals surface area contributed by atoms with Crippen molar-refractivity contribution >= 4 is 40.7 Å². The Kier molecular flexibility index (Phi) is 4.40. The van der Waals surface area contributed by atoms with E-state index < -0.39 is 0 Å². The normalized spacial score (nSPS) is 15.8. The van der Waals surface area contributed by atoms with E-state index >= 15 is 0 Å². The molecule has 24 heavy (non-hydrogen) atoms. The number of anilines is 2. The molecule has 0 spiro atoms. The third kappa shape index (κ3) is 3.19. The first-order valence-electron chi connectivity index (χ1n) is 7.60. The van der Waals surface area contributed by atoms with Gasteiger partial charge in [-0.25, -0.2) is 0 Å². The van der Waals surface area contributed by atoms with Crippen LogP contribution < -0.4 is 9.91 Å². The number of hydrogen-bond acceptors (Lipinski definition) is 3. The monoisotopic (exact) mass is 339 g/mol. The minimum absolute atomic E-state index is 0.147. The lowest BCUT2D eigenvalue weighted by Crippen LogP contribution is -2.21. The van der Waals surface area contributed by atoms with Crippen molar-refractivity contribution < 1.29 is 4.79 Å². The van der Waals surface area contributed by atoms with Gasteiger partial charge in [-0.05, 0) is 48.9 Å². The Balaban J connectivity index is 1.90. The Morgan fingerprint density at radius 2 is 1.83 bits per heavy atom. The molecule has 1 aliphatic rings. The summed E-state index contributed by atoms with van der Waals surface area (Å²) in [5.41, 5.74) is 4.02. The van der Waals surface area contributed by atoms with Gasteiger partial charge in [0.25, 0.3) is 5.91 Å². The largest absolute Gasteiger partial charge is 0.378 e. The van der Waals surface area contributed by atoms with Crippen LogP contribution in [-0.2, 0) is 4.79 Å². The van der Waals surface area contributed by atoms with Gasteiger partial charge in [-0.2, -0.15) is 10.1 Å². The lowest BCUT2D eigenvalue weighted by atomic mass is 10.1. The molecule has 1 heterocycles. The molecule has 0 unspecified atom stereocenters. The summed E-state index contributed by atoms with van der Waals surface area (Å²) in [6.45, 7) is 1.84. The van der Waals surface area contributed by atoms with Crippen LogP contribution >= 0.6 is 11.6 Å². The van der Waals surface area contributed by atoms with Crippen molar-refractivity contribution in [3.63, 3.8) is 0 Å². The van der Waals surface area contributed by atoms with E-state index in [1.54, 1.807) is 18.2 Å². The average molecular weight is 340 g/mol. The number of rotatable bonds is 3. The molecule has 1 aliphatic heterocycles. The van der Waals surface area contributed by atoms with Gasteiger partial charge in [-0.1, -0.05) is 29.8 Å². The predicted octanol–water partition coefficient (Wildman–Crippen LogP) is 4.21. The first-order valence-corrected chi connectivity index (χ1v) is 7.98. The topological polar surface area (TPSA) is 35.9 Å². The van der Waals surface area contributed by atoms with Crippen LogP contribution in [-0.4, -0.2) is 25.7 Å². The van der Waals surface area contributed by atoms with Crippen molar-refractivity contribution in [1.29, 1.82) is 0 Å². The van der Waals surface area contributed by atoms with E-state index in [2.05, 4.69) is 5.10 Å². The number of carbonyl (C=O) groups is 1. The summed E-state index contributed by atoms with van der Waals surface area (Å²) in [6, 6.07) is 15.1.